The molecular weight excluding hydrogens is 262 g/mol. The van der Waals surface area contributed by atoms with Gasteiger partial charge in [-0.2, -0.15) is 0 Å². The van der Waals surface area contributed by atoms with E-state index in [0.29, 0.717) is 5.02 Å². The summed E-state index contributed by atoms with van der Waals surface area (Å²) >= 11 is 5.90. The molecule has 0 spiro atoms. The molecule has 0 bridgehead atoms. The Labute approximate surface area is 115 Å². The molecule has 1 heterocycles. The molecule has 0 amide bonds. The third-order valence-corrected chi connectivity index (χ3v) is 3.23. The summed E-state index contributed by atoms with van der Waals surface area (Å²) in [6.45, 7) is 0. The highest BCUT2D eigenvalue weighted by molar-refractivity contribution is 6.30. The average molecular weight is 274 g/mol. The van der Waals surface area contributed by atoms with Gasteiger partial charge in [0.05, 0.1) is 5.52 Å². The summed E-state index contributed by atoms with van der Waals surface area (Å²) in [6, 6.07) is 15.3. The molecule has 5 heteroatoms. The van der Waals surface area contributed by atoms with E-state index >= 15 is 0 Å². The third kappa shape index (κ3) is 2.20. The van der Waals surface area contributed by atoms with Gasteiger partial charge in [-0.15, -0.1) is 5.10 Å². The van der Waals surface area contributed by atoms with Crippen LogP contribution in [0.4, 0.5) is 0 Å². The van der Waals surface area contributed by atoms with Crippen LogP contribution in [-0.2, 0) is 4.74 Å². The number of nitrogens with zero attached hydrogens (tertiary/aromatic N) is 3. The van der Waals surface area contributed by atoms with Crippen LogP contribution >= 0.6 is 11.6 Å². The summed E-state index contributed by atoms with van der Waals surface area (Å²) in [5, 5.41) is 9.01. The highest BCUT2D eigenvalue weighted by Gasteiger charge is 2.16. The molecule has 0 fully saturated rings. The zero-order valence-corrected chi connectivity index (χ0v) is 11.1. The Morgan fingerprint density at radius 2 is 1.84 bits per heavy atom. The Kier molecular flexibility index (Phi) is 3.19. The van der Waals surface area contributed by atoms with Crippen molar-refractivity contribution in [3.8, 4) is 0 Å². The normalized spacial score (nSPS) is 12.7. The lowest BCUT2D eigenvalue weighted by atomic mass is 10.2. The molecule has 19 heavy (non-hydrogen) atoms. The summed E-state index contributed by atoms with van der Waals surface area (Å²) in [5.41, 5.74) is 2.75. The number of fused-ring (bicyclic) bond motifs is 1. The molecule has 1 atom stereocenters. The molecule has 0 N–H and O–H groups in total. The minimum atomic E-state index is -0.315. The van der Waals surface area contributed by atoms with Crippen molar-refractivity contribution in [2.75, 3.05) is 7.11 Å². The Bertz CT molecular complexity index is 693. The highest BCUT2D eigenvalue weighted by Crippen LogP contribution is 2.23. The number of hydrogen-bond donors (Lipinski definition) is 0. The Morgan fingerprint density at radius 1 is 1.11 bits per heavy atom. The molecule has 2 aromatic carbocycles. The van der Waals surface area contributed by atoms with Crippen LogP contribution in [0.15, 0.2) is 48.5 Å². The second-order valence-electron chi connectivity index (χ2n) is 4.16. The van der Waals surface area contributed by atoms with Crippen molar-refractivity contribution in [2.24, 2.45) is 0 Å². The zero-order chi connectivity index (χ0) is 13.2. The Morgan fingerprint density at radius 3 is 2.58 bits per heavy atom. The second-order valence-corrected chi connectivity index (χ2v) is 4.60. The standard InChI is InChI=1S/C14H12ClN3O/c1-19-14(10-6-8-11(15)9-7-10)18-13-5-3-2-4-12(13)16-17-18/h2-9,14H,1H3. The number of halogens is 1. The lowest BCUT2D eigenvalue weighted by Crippen LogP contribution is -2.14. The fourth-order valence-corrected chi connectivity index (χ4v) is 2.19. The van der Waals surface area contributed by atoms with E-state index < -0.39 is 0 Å². The molecule has 0 saturated carbocycles. The van der Waals surface area contributed by atoms with Crippen LogP contribution < -0.4 is 0 Å². The highest BCUT2D eigenvalue weighted by atomic mass is 35.5. The van der Waals surface area contributed by atoms with Crippen LogP contribution in [0.25, 0.3) is 11.0 Å². The monoisotopic (exact) mass is 273 g/mol. The first-order valence-corrected chi connectivity index (χ1v) is 6.25. The average Bonchev–Trinajstić information content (AvgIpc) is 2.86. The van der Waals surface area contributed by atoms with Crippen LogP contribution in [-0.4, -0.2) is 22.1 Å². The predicted octanol–water partition coefficient (Wildman–Crippen LogP) is 3.28. The summed E-state index contributed by atoms with van der Waals surface area (Å²) in [6.07, 6.45) is -0.315. The summed E-state index contributed by atoms with van der Waals surface area (Å²) < 4.78 is 7.31. The second kappa shape index (κ2) is 4.99. The molecule has 0 saturated heterocycles. The summed E-state index contributed by atoms with van der Waals surface area (Å²) in [7, 11) is 1.65. The number of methoxy groups -OCH3 is 1. The van der Waals surface area contributed by atoms with Crippen molar-refractivity contribution < 1.29 is 4.74 Å². The van der Waals surface area contributed by atoms with Crippen LogP contribution in [0.2, 0.25) is 5.02 Å². The van der Waals surface area contributed by atoms with Crippen molar-refractivity contribution in [1.82, 2.24) is 15.0 Å². The number of benzene rings is 2. The molecular formula is C14H12ClN3O. The van der Waals surface area contributed by atoms with Gasteiger partial charge in [-0.1, -0.05) is 41.1 Å². The fraction of sp³-hybridized carbons (Fsp3) is 0.143. The maximum absolute atomic E-state index is 5.90. The first kappa shape index (κ1) is 12.1. The molecule has 1 unspecified atom stereocenters. The van der Waals surface area contributed by atoms with Gasteiger partial charge in [0.2, 0.25) is 0 Å². The Hall–Kier alpha value is -1.91. The molecule has 3 rings (SSSR count). The van der Waals surface area contributed by atoms with E-state index in [1.807, 2.05) is 48.5 Å². The minimum Gasteiger partial charge on any atom is -0.355 e. The number of rotatable bonds is 3. The van der Waals surface area contributed by atoms with Crippen molar-refractivity contribution in [1.29, 1.82) is 0 Å². The lowest BCUT2D eigenvalue weighted by Gasteiger charge is -2.16. The predicted molar refractivity (Wildman–Crippen MR) is 74.1 cm³/mol. The van der Waals surface area contributed by atoms with Crippen LogP contribution in [0, 0.1) is 0 Å². The van der Waals surface area contributed by atoms with Crippen LogP contribution in [0.1, 0.15) is 11.8 Å². The molecule has 3 aromatic rings. The first-order valence-electron chi connectivity index (χ1n) is 5.88. The minimum absolute atomic E-state index is 0.315. The Balaban J connectivity index is 2.09. The molecule has 96 valence electrons. The third-order valence-electron chi connectivity index (χ3n) is 2.98. The molecule has 0 aliphatic heterocycles. The maximum atomic E-state index is 5.90. The van der Waals surface area contributed by atoms with Gasteiger partial charge in [0.15, 0.2) is 6.23 Å². The van der Waals surface area contributed by atoms with Gasteiger partial charge in [0.1, 0.15) is 5.52 Å². The van der Waals surface area contributed by atoms with E-state index in [1.165, 1.54) is 0 Å². The topological polar surface area (TPSA) is 39.9 Å². The quantitative estimate of drug-likeness (QED) is 0.735. The van der Waals surface area contributed by atoms with E-state index in [9.17, 15) is 0 Å². The molecule has 4 nitrogen and oxygen atoms in total. The van der Waals surface area contributed by atoms with Gasteiger partial charge in [0, 0.05) is 17.7 Å². The number of aromatic nitrogens is 3. The van der Waals surface area contributed by atoms with Crippen molar-refractivity contribution in [2.45, 2.75) is 6.23 Å². The van der Waals surface area contributed by atoms with Crippen molar-refractivity contribution >= 4 is 22.6 Å². The zero-order valence-electron chi connectivity index (χ0n) is 10.3. The van der Waals surface area contributed by atoms with E-state index in [2.05, 4.69) is 10.3 Å². The van der Waals surface area contributed by atoms with Gasteiger partial charge in [-0.25, -0.2) is 4.68 Å². The smallest absolute Gasteiger partial charge is 0.178 e. The summed E-state index contributed by atoms with van der Waals surface area (Å²) in [4.78, 5) is 0. The van der Waals surface area contributed by atoms with Crippen LogP contribution in [0.5, 0.6) is 0 Å². The number of ether oxygens (including phenoxy) is 1. The molecule has 0 aliphatic carbocycles. The van der Waals surface area contributed by atoms with Gasteiger partial charge in [-0.05, 0) is 24.3 Å². The van der Waals surface area contributed by atoms with Crippen molar-refractivity contribution in [3.63, 3.8) is 0 Å². The molecule has 1 aromatic heterocycles. The van der Waals surface area contributed by atoms with Gasteiger partial charge in [0.25, 0.3) is 0 Å². The molecule has 0 radical (unpaired) electrons. The largest absolute Gasteiger partial charge is 0.355 e. The van der Waals surface area contributed by atoms with Crippen LogP contribution in [0.3, 0.4) is 0 Å². The van der Waals surface area contributed by atoms with Gasteiger partial charge >= 0.3 is 0 Å². The van der Waals surface area contributed by atoms with Crippen molar-refractivity contribution in [3.05, 3.63) is 59.1 Å². The van der Waals surface area contributed by atoms with E-state index in [-0.39, 0.29) is 6.23 Å². The SMILES string of the molecule is COC(c1ccc(Cl)cc1)n1nnc2ccccc21. The number of hydrogen-bond acceptors (Lipinski definition) is 3. The first-order chi connectivity index (χ1) is 9.29. The van der Waals surface area contributed by atoms with Gasteiger partial charge < -0.3 is 4.74 Å². The van der Waals surface area contributed by atoms with E-state index in [1.54, 1.807) is 11.8 Å². The number of para-hydroxylation sites is 1. The van der Waals surface area contributed by atoms with E-state index in [0.717, 1.165) is 16.6 Å². The van der Waals surface area contributed by atoms with Gasteiger partial charge in [-0.3, -0.25) is 0 Å². The lowest BCUT2D eigenvalue weighted by molar-refractivity contribution is 0.0702. The van der Waals surface area contributed by atoms with E-state index in [4.69, 9.17) is 16.3 Å². The fourth-order valence-electron chi connectivity index (χ4n) is 2.06. The summed E-state index contributed by atoms with van der Waals surface area (Å²) in [5.74, 6) is 0. The molecule has 0 aliphatic rings. The maximum Gasteiger partial charge on any atom is 0.178 e.